The van der Waals surface area contributed by atoms with Crippen molar-refractivity contribution < 1.29 is 9.26 Å². The molecule has 0 aliphatic heterocycles. The molecule has 0 aliphatic rings. The van der Waals surface area contributed by atoms with Gasteiger partial charge in [0, 0.05) is 18.0 Å². The lowest BCUT2D eigenvalue weighted by Gasteiger charge is -2.16. The summed E-state index contributed by atoms with van der Waals surface area (Å²) in [4.78, 5) is 8.84. The van der Waals surface area contributed by atoms with Crippen LogP contribution in [0.15, 0.2) is 82.7 Å². The molecule has 9 heteroatoms. The second kappa shape index (κ2) is 10.1. The molecule has 0 fully saturated rings. The molecule has 0 saturated heterocycles. The van der Waals surface area contributed by atoms with Gasteiger partial charge in [-0.1, -0.05) is 61.1 Å². The van der Waals surface area contributed by atoms with E-state index < -0.39 is 0 Å². The molecule has 8 nitrogen and oxygen atoms in total. The highest BCUT2D eigenvalue weighted by Gasteiger charge is 2.21. The van der Waals surface area contributed by atoms with E-state index in [1.165, 1.54) is 17.3 Å². The fourth-order valence-electron chi connectivity index (χ4n) is 3.82. The Balaban J connectivity index is 1.49. The first-order valence-electron chi connectivity index (χ1n) is 11.2. The molecule has 5 aromatic rings. The molecule has 2 aromatic carbocycles. The van der Waals surface area contributed by atoms with Crippen molar-refractivity contribution in [1.82, 2.24) is 29.9 Å². The Morgan fingerprint density at radius 1 is 1.00 bits per heavy atom. The highest BCUT2D eigenvalue weighted by atomic mass is 32.2. The molecule has 0 saturated carbocycles. The van der Waals surface area contributed by atoms with Gasteiger partial charge in [0.15, 0.2) is 11.0 Å². The molecule has 0 bridgehead atoms. The van der Waals surface area contributed by atoms with Gasteiger partial charge in [-0.25, -0.2) is 0 Å². The van der Waals surface area contributed by atoms with E-state index in [4.69, 9.17) is 9.26 Å². The number of benzene rings is 2. The standard InChI is InChI=1S/C26H24N6O2S/c1-17(2)19-10-4-6-12-21(19)32-25(18-9-8-14-27-15-18)29-30-26(32)35-16-23-28-24(31-34-23)20-11-5-7-13-22(20)33-3/h4-15,17H,16H2,1-3H3. The molecule has 0 amide bonds. The van der Waals surface area contributed by atoms with Crippen LogP contribution in [-0.4, -0.2) is 37.0 Å². The number of hydrogen-bond donors (Lipinski definition) is 0. The predicted molar refractivity (Wildman–Crippen MR) is 135 cm³/mol. The van der Waals surface area contributed by atoms with Crippen LogP contribution in [0.5, 0.6) is 5.75 Å². The zero-order valence-corrected chi connectivity index (χ0v) is 20.4. The molecule has 5 rings (SSSR count). The van der Waals surface area contributed by atoms with Gasteiger partial charge in [0.05, 0.1) is 24.1 Å². The Bertz CT molecular complexity index is 1430. The monoisotopic (exact) mass is 484 g/mol. The number of nitrogens with zero attached hydrogens (tertiary/aromatic N) is 6. The van der Waals surface area contributed by atoms with Gasteiger partial charge in [-0.2, -0.15) is 4.98 Å². The molecule has 0 radical (unpaired) electrons. The summed E-state index contributed by atoms with van der Waals surface area (Å²) in [6.45, 7) is 4.36. The first-order chi connectivity index (χ1) is 17.2. The van der Waals surface area contributed by atoms with Crippen molar-refractivity contribution in [1.29, 1.82) is 0 Å². The van der Waals surface area contributed by atoms with E-state index in [0.29, 0.717) is 29.1 Å². The van der Waals surface area contributed by atoms with Crippen LogP contribution < -0.4 is 4.74 Å². The Morgan fingerprint density at radius 2 is 1.83 bits per heavy atom. The number of hydrogen-bond acceptors (Lipinski definition) is 8. The van der Waals surface area contributed by atoms with E-state index in [0.717, 1.165) is 27.8 Å². The topological polar surface area (TPSA) is 91.8 Å². The van der Waals surface area contributed by atoms with Crippen molar-refractivity contribution in [3.05, 3.63) is 84.5 Å². The Hall–Kier alpha value is -3.98. The van der Waals surface area contributed by atoms with Gasteiger partial charge in [-0.05, 0) is 41.8 Å². The van der Waals surface area contributed by atoms with Crippen molar-refractivity contribution >= 4 is 11.8 Å². The van der Waals surface area contributed by atoms with E-state index in [1.807, 2.05) is 42.5 Å². The number of para-hydroxylation sites is 2. The molecule has 176 valence electrons. The second-order valence-electron chi connectivity index (χ2n) is 8.10. The van der Waals surface area contributed by atoms with Gasteiger partial charge in [-0.3, -0.25) is 9.55 Å². The molecular weight excluding hydrogens is 460 g/mol. The quantitative estimate of drug-likeness (QED) is 0.255. The highest BCUT2D eigenvalue weighted by molar-refractivity contribution is 7.98. The molecule has 3 heterocycles. The van der Waals surface area contributed by atoms with Crippen molar-refractivity contribution in [2.75, 3.05) is 7.11 Å². The van der Waals surface area contributed by atoms with Crippen molar-refractivity contribution in [2.24, 2.45) is 0 Å². The van der Waals surface area contributed by atoms with Crippen molar-refractivity contribution in [2.45, 2.75) is 30.7 Å². The molecular formula is C26H24N6O2S. The molecule has 3 aromatic heterocycles. The number of pyridine rings is 1. The Morgan fingerprint density at radius 3 is 2.63 bits per heavy atom. The molecule has 0 N–H and O–H groups in total. The van der Waals surface area contributed by atoms with E-state index in [1.54, 1.807) is 19.5 Å². The predicted octanol–water partition coefficient (Wildman–Crippen LogP) is 5.80. The number of thioether (sulfide) groups is 1. The maximum atomic E-state index is 5.53. The SMILES string of the molecule is COc1ccccc1-c1noc(CSc2nnc(-c3cccnc3)n2-c2ccccc2C(C)C)n1. The smallest absolute Gasteiger partial charge is 0.237 e. The minimum atomic E-state index is 0.326. The summed E-state index contributed by atoms with van der Waals surface area (Å²) < 4.78 is 13.0. The molecule has 0 unspecified atom stereocenters. The number of methoxy groups -OCH3 is 1. The molecule has 0 spiro atoms. The van der Waals surface area contributed by atoms with Crippen LogP contribution in [0.3, 0.4) is 0 Å². The van der Waals surface area contributed by atoms with E-state index >= 15 is 0 Å². The third-order valence-corrected chi connectivity index (χ3v) is 6.41. The van der Waals surface area contributed by atoms with Crippen LogP contribution in [0.4, 0.5) is 0 Å². The van der Waals surface area contributed by atoms with Gasteiger partial charge < -0.3 is 9.26 Å². The molecule has 0 atom stereocenters. The summed E-state index contributed by atoms with van der Waals surface area (Å²) in [5, 5.41) is 13.9. The van der Waals surface area contributed by atoms with Crippen LogP contribution in [0.2, 0.25) is 0 Å². The van der Waals surface area contributed by atoms with Gasteiger partial charge in [-0.15, -0.1) is 10.2 Å². The van der Waals surface area contributed by atoms with Crippen molar-refractivity contribution in [3.8, 4) is 34.2 Å². The fourth-order valence-corrected chi connectivity index (χ4v) is 4.60. The normalized spacial score (nSPS) is 11.2. The maximum absolute atomic E-state index is 5.53. The average molecular weight is 485 g/mol. The third kappa shape index (κ3) is 4.67. The minimum Gasteiger partial charge on any atom is -0.496 e. The lowest BCUT2D eigenvalue weighted by Crippen LogP contribution is -2.05. The first kappa shape index (κ1) is 22.8. The largest absolute Gasteiger partial charge is 0.496 e. The number of rotatable bonds is 8. The van der Waals surface area contributed by atoms with Crippen LogP contribution in [0.25, 0.3) is 28.5 Å². The summed E-state index contributed by atoms with van der Waals surface area (Å²) in [7, 11) is 1.62. The highest BCUT2D eigenvalue weighted by Crippen LogP contribution is 2.33. The van der Waals surface area contributed by atoms with Gasteiger partial charge in [0.25, 0.3) is 0 Å². The fraction of sp³-hybridized carbons (Fsp3) is 0.192. The second-order valence-corrected chi connectivity index (χ2v) is 9.04. The van der Waals surface area contributed by atoms with Crippen LogP contribution >= 0.6 is 11.8 Å². The summed E-state index contributed by atoms with van der Waals surface area (Å²) in [6.07, 6.45) is 3.54. The van der Waals surface area contributed by atoms with Crippen LogP contribution in [0.1, 0.15) is 31.2 Å². The van der Waals surface area contributed by atoms with Gasteiger partial charge in [0.1, 0.15) is 5.75 Å². The minimum absolute atomic E-state index is 0.326. The summed E-state index contributed by atoms with van der Waals surface area (Å²) in [5.41, 5.74) is 3.91. The number of aromatic nitrogens is 6. The van der Waals surface area contributed by atoms with Crippen LogP contribution in [0, 0.1) is 0 Å². The number of ether oxygens (including phenoxy) is 1. The zero-order valence-electron chi connectivity index (χ0n) is 19.6. The van der Waals surface area contributed by atoms with E-state index in [9.17, 15) is 0 Å². The third-order valence-electron chi connectivity index (χ3n) is 5.49. The summed E-state index contributed by atoms with van der Waals surface area (Å²) >= 11 is 1.49. The summed E-state index contributed by atoms with van der Waals surface area (Å²) in [5.74, 6) is 3.17. The van der Waals surface area contributed by atoms with Crippen LogP contribution in [-0.2, 0) is 5.75 Å². The van der Waals surface area contributed by atoms with Gasteiger partial charge >= 0.3 is 0 Å². The van der Waals surface area contributed by atoms with E-state index in [2.05, 4.69) is 61.9 Å². The lowest BCUT2D eigenvalue weighted by molar-refractivity contribution is 0.390. The summed E-state index contributed by atoms with van der Waals surface area (Å²) in [6, 6.07) is 19.8. The van der Waals surface area contributed by atoms with Crippen molar-refractivity contribution in [3.63, 3.8) is 0 Å². The van der Waals surface area contributed by atoms with E-state index in [-0.39, 0.29) is 0 Å². The maximum Gasteiger partial charge on any atom is 0.237 e. The Kier molecular flexibility index (Phi) is 6.58. The Labute approximate surface area is 207 Å². The zero-order chi connectivity index (χ0) is 24.2. The molecule has 35 heavy (non-hydrogen) atoms. The first-order valence-corrected chi connectivity index (χ1v) is 12.2. The lowest BCUT2D eigenvalue weighted by atomic mass is 10.0. The average Bonchev–Trinajstić information content (AvgIpc) is 3.55. The van der Waals surface area contributed by atoms with Gasteiger partial charge in [0.2, 0.25) is 11.7 Å². The molecule has 0 aliphatic carbocycles.